The molecule has 6 rings (SSSR count). The Bertz CT molecular complexity index is 976. The molecule has 0 N–H and O–H groups in total. The predicted molar refractivity (Wildman–Crippen MR) is 108 cm³/mol. The first-order chi connectivity index (χ1) is 13.5. The van der Waals surface area contributed by atoms with Gasteiger partial charge < -0.3 is 4.74 Å². The van der Waals surface area contributed by atoms with Gasteiger partial charge >= 0.3 is 5.97 Å². The molecule has 3 aliphatic heterocycles. The van der Waals surface area contributed by atoms with Gasteiger partial charge in [0.05, 0.1) is 5.52 Å². The molecule has 4 bridgehead atoms. The summed E-state index contributed by atoms with van der Waals surface area (Å²) >= 11 is 0. The van der Waals surface area contributed by atoms with E-state index in [0.717, 1.165) is 35.7 Å². The molecule has 1 aliphatic carbocycles. The van der Waals surface area contributed by atoms with Crippen molar-refractivity contribution in [1.82, 2.24) is 9.47 Å². The predicted octanol–water partition coefficient (Wildman–Crippen LogP) is 3.99. The third kappa shape index (κ3) is 2.55. The number of rotatable bonds is 2. The number of esters is 1. The quantitative estimate of drug-likeness (QED) is 0.584. The standard InChI is InChI=1S/C23H28N2O3/c1-4-16-9-15-10-20-22(16)24(12-15)8-7-18-19-11-17(28-14(3)27)5-6-21(19)25(13(2)26)23(18)20/h5-6,11,15-16,20,22H,4,7-10,12H2,1-3H3/t15-,16-,20+,22?/m0/s1. The van der Waals surface area contributed by atoms with E-state index in [2.05, 4.69) is 11.8 Å². The Morgan fingerprint density at radius 2 is 2.04 bits per heavy atom. The number of nitrogens with zero attached hydrogens (tertiary/aromatic N) is 2. The topological polar surface area (TPSA) is 51.5 Å². The molecule has 5 atom stereocenters. The van der Waals surface area contributed by atoms with Crippen LogP contribution in [0.3, 0.4) is 0 Å². The molecule has 5 heteroatoms. The van der Waals surface area contributed by atoms with Crippen molar-refractivity contribution in [1.29, 1.82) is 0 Å². The molecule has 1 aromatic heterocycles. The van der Waals surface area contributed by atoms with Gasteiger partial charge in [-0.2, -0.15) is 0 Å². The van der Waals surface area contributed by atoms with E-state index in [1.165, 1.54) is 44.0 Å². The van der Waals surface area contributed by atoms with Crippen LogP contribution in [0.25, 0.3) is 10.9 Å². The largest absolute Gasteiger partial charge is 0.427 e. The van der Waals surface area contributed by atoms with E-state index in [1.807, 2.05) is 16.7 Å². The molecule has 148 valence electrons. The van der Waals surface area contributed by atoms with Crippen LogP contribution in [0, 0.1) is 11.8 Å². The second-order valence-corrected chi connectivity index (χ2v) is 8.84. The van der Waals surface area contributed by atoms with Crippen LogP contribution < -0.4 is 4.74 Å². The van der Waals surface area contributed by atoms with Gasteiger partial charge in [-0.1, -0.05) is 13.3 Å². The first-order valence-electron chi connectivity index (χ1n) is 10.6. The highest BCUT2D eigenvalue weighted by atomic mass is 16.5. The van der Waals surface area contributed by atoms with E-state index in [0.29, 0.717) is 17.7 Å². The van der Waals surface area contributed by atoms with Crippen molar-refractivity contribution >= 4 is 22.8 Å². The van der Waals surface area contributed by atoms with Crippen LogP contribution in [-0.4, -0.2) is 40.5 Å². The van der Waals surface area contributed by atoms with Gasteiger partial charge in [0.25, 0.3) is 0 Å². The minimum Gasteiger partial charge on any atom is -0.427 e. The molecule has 5 nitrogen and oxygen atoms in total. The lowest BCUT2D eigenvalue weighted by atomic mass is 9.65. The lowest BCUT2D eigenvalue weighted by molar-refractivity contribution is -0.131. The second kappa shape index (κ2) is 6.45. The molecule has 2 aromatic rings. The fraction of sp³-hybridized carbons (Fsp3) is 0.565. The van der Waals surface area contributed by atoms with Crippen molar-refractivity contribution in [2.75, 3.05) is 13.1 Å². The summed E-state index contributed by atoms with van der Waals surface area (Å²) in [5.74, 6) is 2.20. The first-order valence-corrected chi connectivity index (χ1v) is 10.6. The van der Waals surface area contributed by atoms with E-state index in [9.17, 15) is 9.59 Å². The van der Waals surface area contributed by atoms with E-state index in [1.54, 1.807) is 13.0 Å². The number of aromatic nitrogens is 1. The molecule has 0 spiro atoms. The Labute approximate surface area is 165 Å². The molecule has 4 heterocycles. The summed E-state index contributed by atoms with van der Waals surface area (Å²) in [4.78, 5) is 26.9. The van der Waals surface area contributed by atoms with E-state index >= 15 is 0 Å². The van der Waals surface area contributed by atoms with Crippen LogP contribution in [0.1, 0.15) is 62.0 Å². The van der Waals surface area contributed by atoms with Crippen molar-refractivity contribution in [3.8, 4) is 5.75 Å². The molecule has 28 heavy (non-hydrogen) atoms. The van der Waals surface area contributed by atoms with Gasteiger partial charge in [0.2, 0.25) is 5.91 Å². The number of hydrogen-bond acceptors (Lipinski definition) is 4. The van der Waals surface area contributed by atoms with Crippen molar-refractivity contribution in [2.24, 2.45) is 11.8 Å². The smallest absolute Gasteiger partial charge is 0.308 e. The maximum absolute atomic E-state index is 12.7. The highest BCUT2D eigenvalue weighted by Gasteiger charge is 2.49. The summed E-state index contributed by atoms with van der Waals surface area (Å²) in [6.07, 6.45) is 4.68. The normalized spacial score (nSPS) is 30.8. The minimum absolute atomic E-state index is 0.0782. The third-order valence-corrected chi connectivity index (χ3v) is 7.22. The Hall–Kier alpha value is -2.14. The number of benzene rings is 1. The van der Waals surface area contributed by atoms with Gasteiger partial charge in [0, 0.05) is 50.0 Å². The monoisotopic (exact) mass is 380 g/mol. The van der Waals surface area contributed by atoms with Crippen molar-refractivity contribution in [3.63, 3.8) is 0 Å². The molecule has 2 saturated heterocycles. The fourth-order valence-electron chi connectivity index (χ4n) is 6.40. The van der Waals surface area contributed by atoms with E-state index in [-0.39, 0.29) is 11.9 Å². The molecule has 0 amide bonds. The lowest BCUT2D eigenvalue weighted by Crippen LogP contribution is -2.56. The second-order valence-electron chi connectivity index (χ2n) is 8.84. The molecule has 4 aliphatic rings. The molecule has 2 unspecified atom stereocenters. The highest BCUT2D eigenvalue weighted by molar-refractivity contribution is 5.96. The van der Waals surface area contributed by atoms with Crippen LogP contribution >= 0.6 is 0 Å². The Kier molecular flexibility index (Phi) is 4.13. The zero-order chi connectivity index (χ0) is 19.6. The number of fused-ring (bicyclic) bond motifs is 4. The van der Waals surface area contributed by atoms with Crippen LogP contribution in [0.15, 0.2) is 18.2 Å². The number of hydrogen-bond donors (Lipinski definition) is 0. The third-order valence-electron chi connectivity index (χ3n) is 7.22. The minimum atomic E-state index is -0.318. The van der Waals surface area contributed by atoms with Crippen molar-refractivity contribution in [2.45, 2.75) is 58.4 Å². The summed E-state index contributed by atoms with van der Waals surface area (Å²) in [5, 5.41) is 1.07. The van der Waals surface area contributed by atoms with Gasteiger partial charge in [-0.05, 0) is 54.9 Å². The number of carbonyl (C=O) groups excluding carboxylic acids is 2. The zero-order valence-electron chi connectivity index (χ0n) is 16.9. The summed E-state index contributed by atoms with van der Waals surface area (Å²) in [6.45, 7) is 7.66. The van der Waals surface area contributed by atoms with Gasteiger partial charge in [-0.15, -0.1) is 0 Å². The summed E-state index contributed by atoms with van der Waals surface area (Å²) in [6, 6.07) is 6.25. The van der Waals surface area contributed by atoms with Gasteiger partial charge in [-0.25, -0.2) is 0 Å². The van der Waals surface area contributed by atoms with Crippen LogP contribution in [0.2, 0.25) is 0 Å². The molecular weight excluding hydrogens is 352 g/mol. The Morgan fingerprint density at radius 1 is 1.21 bits per heavy atom. The van der Waals surface area contributed by atoms with E-state index < -0.39 is 0 Å². The maximum atomic E-state index is 12.7. The van der Waals surface area contributed by atoms with Gasteiger partial charge in [0.1, 0.15) is 5.75 Å². The number of carbonyl (C=O) groups is 2. The van der Waals surface area contributed by atoms with Crippen LogP contribution in [0.5, 0.6) is 5.75 Å². The SMILES string of the molecule is CC[C@H]1C[C@H]2C[C@H]3c4c(c5cc(OC(C)=O)ccc5n4C(C)=O)CCN(C2)C13. The zero-order valence-corrected chi connectivity index (χ0v) is 16.9. The molecule has 3 fully saturated rings. The molecular formula is C23H28N2O3. The maximum Gasteiger partial charge on any atom is 0.308 e. The summed E-state index contributed by atoms with van der Waals surface area (Å²) in [5.41, 5.74) is 3.48. The van der Waals surface area contributed by atoms with Crippen molar-refractivity contribution in [3.05, 3.63) is 29.5 Å². The molecule has 1 saturated carbocycles. The average Bonchev–Trinajstić information content (AvgIpc) is 2.93. The van der Waals surface area contributed by atoms with Gasteiger partial charge in [0.15, 0.2) is 0 Å². The number of piperidine rings is 2. The summed E-state index contributed by atoms with van der Waals surface area (Å²) < 4.78 is 7.30. The van der Waals surface area contributed by atoms with Crippen LogP contribution in [0.4, 0.5) is 0 Å². The molecule has 1 aromatic carbocycles. The van der Waals surface area contributed by atoms with Crippen LogP contribution in [-0.2, 0) is 11.2 Å². The Balaban J connectivity index is 1.73. The van der Waals surface area contributed by atoms with Gasteiger partial charge in [-0.3, -0.25) is 19.1 Å². The van der Waals surface area contributed by atoms with Crippen molar-refractivity contribution < 1.29 is 14.3 Å². The molecule has 0 radical (unpaired) electrons. The average molecular weight is 380 g/mol. The van der Waals surface area contributed by atoms with E-state index in [4.69, 9.17) is 4.74 Å². The highest BCUT2D eigenvalue weighted by Crippen LogP contribution is 2.52. The number of ether oxygens (including phenoxy) is 1. The fourth-order valence-corrected chi connectivity index (χ4v) is 6.40. The lowest BCUT2D eigenvalue weighted by Gasteiger charge is -2.53. The first kappa shape index (κ1) is 17.9. The Morgan fingerprint density at radius 3 is 2.75 bits per heavy atom. The summed E-state index contributed by atoms with van der Waals surface area (Å²) in [7, 11) is 0.